The van der Waals surface area contributed by atoms with Crippen molar-refractivity contribution in [3.8, 4) is 0 Å². The molecule has 0 aliphatic carbocycles. The molecule has 4 N–H and O–H groups in total. The maximum absolute atomic E-state index is 14.1. The van der Waals surface area contributed by atoms with Gasteiger partial charge in [-0.05, 0) is 36.8 Å². The number of nitrogens with one attached hydrogen (secondary N) is 3. The lowest BCUT2D eigenvalue weighted by molar-refractivity contribution is 0.0170. The highest BCUT2D eigenvalue weighted by atomic mass is 19.1. The molecule has 0 aliphatic heterocycles. The minimum Gasteiger partial charge on any atom is -0.394 e. The van der Waals surface area contributed by atoms with Gasteiger partial charge in [0.25, 0.3) is 5.91 Å². The van der Waals surface area contributed by atoms with Crippen molar-refractivity contribution in [2.75, 3.05) is 18.5 Å². The van der Waals surface area contributed by atoms with Crippen molar-refractivity contribution in [3.63, 3.8) is 0 Å². The minimum atomic E-state index is -0.539. The van der Waals surface area contributed by atoms with Crippen molar-refractivity contribution in [3.05, 3.63) is 53.5 Å². The number of benzene rings is 1. The molecule has 144 valence electrons. The fourth-order valence-corrected chi connectivity index (χ4v) is 2.42. The van der Waals surface area contributed by atoms with E-state index in [-0.39, 0.29) is 24.5 Å². The van der Waals surface area contributed by atoms with Gasteiger partial charge in [-0.3, -0.25) is 9.63 Å². The number of anilines is 2. The van der Waals surface area contributed by atoms with E-state index in [0.29, 0.717) is 16.9 Å². The summed E-state index contributed by atoms with van der Waals surface area (Å²) in [6.07, 6.45) is 1.58. The standard InChI is InChI=1S/C17H17FN4O3.C2H6/c1-10-4-5-13(12(18)9-10)20-16-14(17(24)22-25-8-7-23)11-3-2-6-19-15(11)21-16;1-2/h2-6,9,20,23H,7-8H2,1H3,(H,19,21)(H,22,24);1-2H3. The number of aliphatic hydroxyl groups excluding tert-OH is 1. The Bertz CT molecular complexity index is 911. The molecule has 8 heteroatoms. The predicted molar refractivity (Wildman–Crippen MR) is 102 cm³/mol. The van der Waals surface area contributed by atoms with Gasteiger partial charge in [0, 0.05) is 11.6 Å². The third-order valence-electron chi connectivity index (χ3n) is 3.54. The van der Waals surface area contributed by atoms with Crippen LogP contribution in [0.5, 0.6) is 0 Å². The van der Waals surface area contributed by atoms with E-state index in [4.69, 9.17) is 9.94 Å². The second-order valence-electron chi connectivity index (χ2n) is 5.39. The van der Waals surface area contributed by atoms with Gasteiger partial charge in [0.15, 0.2) is 0 Å². The number of amides is 1. The molecule has 0 saturated carbocycles. The van der Waals surface area contributed by atoms with Gasteiger partial charge in [-0.2, -0.15) is 0 Å². The number of aromatic amines is 1. The smallest absolute Gasteiger partial charge is 0.279 e. The zero-order valence-corrected chi connectivity index (χ0v) is 15.5. The fraction of sp³-hybridized carbons (Fsp3) is 0.263. The molecule has 3 aromatic rings. The number of hydrogen-bond donors (Lipinski definition) is 4. The fourth-order valence-electron chi connectivity index (χ4n) is 2.42. The van der Waals surface area contributed by atoms with Crippen LogP contribution >= 0.6 is 0 Å². The Kier molecular flexibility index (Phi) is 7.27. The first-order valence-electron chi connectivity index (χ1n) is 8.63. The third-order valence-corrected chi connectivity index (χ3v) is 3.54. The van der Waals surface area contributed by atoms with Crippen molar-refractivity contribution in [1.82, 2.24) is 15.4 Å². The Hall–Kier alpha value is -2.97. The van der Waals surface area contributed by atoms with Gasteiger partial charge in [-0.15, -0.1) is 0 Å². The number of nitrogens with zero attached hydrogens (tertiary/aromatic N) is 1. The van der Waals surface area contributed by atoms with Gasteiger partial charge in [0.1, 0.15) is 17.3 Å². The number of hydrogen-bond acceptors (Lipinski definition) is 5. The molecule has 27 heavy (non-hydrogen) atoms. The van der Waals surface area contributed by atoms with E-state index in [1.807, 2.05) is 13.8 Å². The first kappa shape index (κ1) is 20.3. The van der Waals surface area contributed by atoms with Crippen LogP contribution in [0.25, 0.3) is 11.0 Å². The summed E-state index contributed by atoms with van der Waals surface area (Å²) in [6.45, 7) is 5.52. The summed E-state index contributed by atoms with van der Waals surface area (Å²) in [7, 11) is 0. The van der Waals surface area contributed by atoms with E-state index in [2.05, 4.69) is 20.8 Å². The van der Waals surface area contributed by atoms with E-state index in [1.54, 1.807) is 37.4 Å². The summed E-state index contributed by atoms with van der Waals surface area (Å²) in [4.78, 5) is 24.5. The van der Waals surface area contributed by atoms with Crippen LogP contribution in [0.15, 0.2) is 36.5 Å². The van der Waals surface area contributed by atoms with Gasteiger partial charge in [-0.25, -0.2) is 14.9 Å². The molecular weight excluding hydrogens is 351 g/mol. The molecule has 1 amide bonds. The Labute approximate surface area is 156 Å². The van der Waals surface area contributed by atoms with Crippen LogP contribution in [0.4, 0.5) is 15.9 Å². The summed E-state index contributed by atoms with van der Waals surface area (Å²) in [5, 5.41) is 12.2. The molecule has 0 saturated heterocycles. The predicted octanol–water partition coefficient (Wildman–Crippen LogP) is 3.43. The SMILES string of the molecule is CC.Cc1ccc(Nc2[nH]c3ncccc3c2C(=O)NOCCO)c(F)c1. The number of carbonyl (C=O) groups excluding carboxylic acids is 1. The molecule has 0 spiro atoms. The molecule has 2 aromatic heterocycles. The molecule has 0 bridgehead atoms. The Balaban J connectivity index is 0.00000126. The number of fused-ring (bicyclic) bond motifs is 1. The molecule has 2 heterocycles. The van der Waals surface area contributed by atoms with Gasteiger partial charge in [0.05, 0.1) is 24.5 Å². The lowest BCUT2D eigenvalue weighted by Gasteiger charge is -2.10. The molecule has 0 aliphatic rings. The van der Waals surface area contributed by atoms with Crippen LogP contribution in [-0.4, -0.2) is 34.2 Å². The first-order chi connectivity index (χ1) is 13.1. The number of aromatic nitrogens is 2. The van der Waals surface area contributed by atoms with Crippen LogP contribution < -0.4 is 10.8 Å². The summed E-state index contributed by atoms with van der Waals surface area (Å²) in [5.74, 6) is -0.682. The summed E-state index contributed by atoms with van der Waals surface area (Å²) >= 11 is 0. The van der Waals surface area contributed by atoms with Crippen LogP contribution in [0.3, 0.4) is 0 Å². The maximum atomic E-state index is 14.1. The highest BCUT2D eigenvalue weighted by Gasteiger charge is 2.20. The molecule has 0 atom stereocenters. The Morgan fingerprint density at radius 1 is 1.33 bits per heavy atom. The minimum absolute atomic E-state index is 0.0400. The van der Waals surface area contributed by atoms with Gasteiger partial charge in [-0.1, -0.05) is 19.9 Å². The zero-order chi connectivity index (χ0) is 19.8. The van der Waals surface area contributed by atoms with Gasteiger partial charge < -0.3 is 15.4 Å². The molecule has 1 aromatic carbocycles. The zero-order valence-electron chi connectivity index (χ0n) is 15.5. The number of aliphatic hydroxyl groups is 1. The molecular formula is C19H23FN4O3. The van der Waals surface area contributed by atoms with Crippen LogP contribution in [-0.2, 0) is 4.84 Å². The molecule has 7 nitrogen and oxygen atoms in total. The van der Waals surface area contributed by atoms with Gasteiger partial charge >= 0.3 is 0 Å². The molecule has 3 rings (SSSR count). The summed E-state index contributed by atoms with van der Waals surface area (Å²) in [5.41, 5.74) is 3.97. The average Bonchev–Trinajstić information content (AvgIpc) is 3.04. The number of carbonyl (C=O) groups is 1. The number of H-pyrrole nitrogens is 1. The monoisotopic (exact) mass is 374 g/mol. The van der Waals surface area contributed by atoms with E-state index in [0.717, 1.165) is 5.56 Å². The molecule has 0 radical (unpaired) electrons. The number of pyridine rings is 1. The second kappa shape index (κ2) is 9.65. The van der Waals surface area contributed by atoms with E-state index in [9.17, 15) is 9.18 Å². The summed E-state index contributed by atoms with van der Waals surface area (Å²) in [6, 6.07) is 8.16. The summed E-state index contributed by atoms with van der Waals surface area (Å²) < 4.78 is 14.1. The van der Waals surface area contributed by atoms with Crippen molar-refractivity contribution < 1.29 is 19.1 Å². The number of aryl methyl sites for hydroxylation is 1. The van der Waals surface area contributed by atoms with Crippen molar-refractivity contribution in [2.24, 2.45) is 0 Å². The largest absolute Gasteiger partial charge is 0.394 e. The van der Waals surface area contributed by atoms with Crippen molar-refractivity contribution in [2.45, 2.75) is 20.8 Å². The lowest BCUT2D eigenvalue weighted by atomic mass is 10.2. The van der Waals surface area contributed by atoms with Crippen molar-refractivity contribution >= 4 is 28.4 Å². The van der Waals surface area contributed by atoms with Crippen LogP contribution in [0, 0.1) is 12.7 Å². The normalized spacial score (nSPS) is 10.3. The topological polar surface area (TPSA) is 99.3 Å². The molecule has 0 unspecified atom stereocenters. The lowest BCUT2D eigenvalue weighted by Crippen LogP contribution is -2.25. The van der Waals surface area contributed by atoms with Crippen LogP contribution in [0.2, 0.25) is 0 Å². The van der Waals surface area contributed by atoms with E-state index < -0.39 is 11.7 Å². The number of rotatable bonds is 6. The Morgan fingerprint density at radius 2 is 2.11 bits per heavy atom. The average molecular weight is 374 g/mol. The first-order valence-corrected chi connectivity index (χ1v) is 8.63. The number of halogens is 1. The highest BCUT2D eigenvalue weighted by Crippen LogP contribution is 2.28. The van der Waals surface area contributed by atoms with E-state index >= 15 is 0 Å². The van der Waals surface area contributed by atoms with Gasteiger partial charge in [0.2, 0.25) is 0 Å². The Morgan fingerprint density at radius 3 is 2.81 bits per heavy atom. The van der Waals surface area contributed by atoms with Crippen molar-refractivity contribution in [1.29, 1.82) is 0 Å². The second-order valence-corrected chi connectivity index (χ2v) is 5.39. The molecule has 0 fully saturated rings. The maximum Gasteiger partial charge on any atom is 0.279 e. The third kappa shape index (κ3) is 4.81. The highest BCUT2D eigenvalue weighted by molar-refractivity contribution is 6.11. The number of hydroxylamine groups is 1. The van der Waals surface area contributed by atoms with E-state index in [1.165, 1.54) is 6.07 Å². The van der Waals surface area contributed by atoms with Crippen LogP contribution in [0.1, 0.15) is 29.8 Å². The quantitative estimate of drug-likeness (QED) is 0.391.